The Kier molecular flexibility index (Phi) is 2.34. The van der Waals surface area contributed by atoms with Crippen LogP contribution in [-0.4, -0.2) is 10.2 Å². The van der Waals surface area contributed by atoms with Crippen LogP contribution in [0.1, 0.15) is 36.5 Å². The number of fused-ring (bicyclic) bond motifs is 3. The second-order valence-corrected chi connectivity index (χ2v) is 5.20. The number of hydrogen-bond acceptors (Lipinski definition) is 2. The monoisotopic (exact) mass is 240 g/mol. The van der Waals surface area contributed by atoms with Crippen LogP contribution >= 0.6 is 0 Å². The summed E-state index contributed by atoms with van der Waals surface area (Å²) in [6.45, 7) is 4.19. The highest BCUT2D eigenvalue weighted by atomic mass is 16.3. The van der Waals surface area contributed by atoms with Crippen LogP contribution in [0, 0.1) is 0 Å². The summed E-state index contributed by atoms with van der Waals surface area (Å²) in [4.78, 5) is 0. The van der Waals surface area contributed by atoms with Crippen molar-refractivity contribution >= 4 is 0 Å². The van der Waals surface area contributed by atoms with E-state index in [1.807, 2.05) is 18.2 Å². The van der Waals surface area contributed by atoms with Crippen molar-refractivity contribution in [3.8, 4) is 22.6 Å². The molecule has 0 atom stereocenters. The van der Waals surface area contributed by atoms with Crippen LogP contribution in [0.25, 0.3) is 11.1 Å². The molecule has 0 saturated heterocycles. The molecule has 0 amide bonds. The zero-order chi connectivity index (χ0) is 12.9. The zero-order valence-corrected chi connectivity index (χ0v) is 10.6. The van der Waals surface area contributed by atoms with Crippen LogP contribution in [0.3, 0.4) is 0 Å². The van der Waals surface area contributed by atoms with Gasteiger partial charge in [-0.2, -0.15) is 0 Å². The first-order valence-electron chi connectivity index (χ1n) is 6.25. The van der Waals surface area contributed by atoms with Crippen LogP contribution in [0.5, 0.6) is 11.5 Å². The quantitative estimate of drug-likeness (QED) is 0.679. The molecule has 0 heterocycles. The van der Waals surface area contributed by atoms with Gasteiger partial charge in [-0.05, 0) is 52.8 Å². The van der Waals surface area contributed by atoms with E-state index in [0.29, 0.717) is 17.4 Å². The molecule has 0 unspecified atom stereocenters. The molecule has 0 aliphatic heterocycles. The molecular formula is C16H16O2. The summed E-state index contributed by atoms with van der Waals surface area (Å²) < 4.78 is 0. The smallest absolute Gasteiger partial charge is 0.119 e. The standard InChI is InChI=1S/C16H16O2/c1-9(2)16-14-8-10-7-11(17)3-4-12(10)13(14)5-6-15(16)18/h3-7,9,17-18H,8H2,1-2H3. The molecule has 0 fully saturated rings. The number of aromatic hydroxyl groups is 2. The molecule has 0 saturated carbocycles. The van der Waals surface area contributed by atoms with Gasteiger partial charge < -0.3 is 10.2 Å². The Morgan fingerprint density at radius 2 is 1.72 bits per heavy atom. The molecule has 0 aromatic heterocycles. The van der Waals surface area contributed by atoms with Crippen LogP contribution < -0.4 is 0 Å². The topological polar surface area (TPSA) is 40.5 Å². The molecule has 1 aliphatic carbocycles. The Balaban J connectivity index is 2.25. The summed E-state index contributed by atoms with van der Waals surface area (Å²) in [7, 11) is 0. The van der Waals surface area contributed by atoms with E-state index in [9.17, 15) is 10.2 Å². The third kappa shape index (κ3) is 1.49. The fourth-order valence-corrected chi connectivity index (χ4v) is 2.92. The second-order valence-electron chi connectivity index (χ2n) is 5.20. The first kappa shape index (κ1) is 11.1. The van der Waals surface area contributed by atoms with Gasteiger partial charge in [0, 0.05) is 5.56 Å². The van der Waals surface area contributed by atoms with Gasteiger partial charge in [0.2, 0.25) is 0 Å². The number of hydrogen-bond donors (Lipinski definition) is 2. The van der Waals surface area contributed by atoms with E-state index in [1.165, 1.54) is 16.7 Å². The maximum absolute atomic E-state index is 10.0. The van der Waals surface area contributed by atoms with Gasteiger partial charge in [-0.1, -0.05) is 26.0 Å². The minimum absolute atomic E-state index is 0.294. The molecule has 2 heteroatoms. The lowest BCUT2D eigenvalue weighted by molar-refractivity contribution is 0.464. The van der Waals surface area contributed by atoms with Gasteiger partial charge in [-0.15, -0.1) is 0 Å². The third-order valence-electron chi connectivity index (χ3n) is 3.66. The molecule has 2 aromatic carbocycles. The molecule has 0 bridgehead atoms. The first-order chi connectivity index (χ1) is 8.58. The van der Waals surface area contributed by atoms with E-state index in [1.54, 1.807) is 12.1 Å². The predicted molar refractivity (Wildman–Crippen MR) is 72.1 cm³/mol. The summed E-state index contributed by atoms with van der Waals surface area (Å²) in [5, 5.41) is 19.6. The van der Waals surface area contributed by atoms with Crippen molar-refractivity contribution in [1.82, 2.24) is 0 Å². The lowest BCUT2D eigenvalue weighted by Crippen LogP contribution is -1.95. The maximum Gasteiger partial charge on any atom is 0.119 e. The van der Waals surface area contributed by atoms with Gasteiger partial charge in [-0.3, -0.25) is 0 Å². The predicted octanol–water partition coefficient (Wildman–Crippen LogP) is 3.79. The van der Waals surface area contributed by atoms with Crippen molar-refractivity contribution in [1.29, 1.82) is 0 Å². The van der Waals surface area contributed by atoms with Crippen molar-refractivity contribution in [3.63, 3.8) is 0 Å². The molecule has 0 spiro atoms. The van der Waals surface area contributed by atoms with Crippen molar-refractivity contribution in [2.75, 3.05) is 0 Å². The molecule has 2 aromatic rings. The van der Waals surface area contributed by atoms with Crippen LogP contribution in [0.4, 0.5) is 0 Å². The normalized spacial score (nSPS) is 12.6. The van der Waals surface area contributed by atoms with E-state index in [2.05, 4.69) is 13.8 Å². The Labute approximate surface area is 107 Å². The fraction of sp³-hybridized carbons (Fsp3) is 0.250. The van der Waals surface area contributed by atoms with E-state index in [4.69, 9.17) is 0 Å². The molecule has 3 rings (SSSR count). The van der Waals surface area contributed by atoms with E-state index in [-0.39, 0.29) is 0 Å². The second kappa shape index (κ2) is 3.77. The van der Waals surface area contributed by atoms with Crippen LogP contribution in [0.15, 0.2) is 30.3 Å². The fourth-order valence-electron chi connectivity index (χ4n) is 2.92. The summed E-state index contributed by atoms with van der Waals surface area (Å²) in [6.07, 6.45) is 0.793. The molecule has 1 aliphatic rings. The Bertz CT molecular complexity index is 627. The largest absolute Gasteiger partial charge is 0.508 e. The highest BCUT2D eigenvalue weighted by molar-refractivity contribution is 5.80. The number of phenols is 2. The summed E-state index contributed by atoms with van der Waals surface area (Å²) in [5.41, 5.74) is 5.72. The number of rotatable bonds is 1. The van der Waals surface area contributed by atoms with E-state index < -0.39 is 0 Å². The molecule has 92 valence electrons. The number of benzene rings is 2. The van der Waals surface area contributed by atoms with Crippen LogP contribution in [0.2, 0.25) is 0 Å². The summed E-state index contributed by atoms with van der Waals surface area (Å²) in [5.74, 6) is 0.973. The molecule has 18 heavy (non-hydrogen) atoms. The third-order valence-corrected chi connectivity index (χ3v) is 3.66. The first-order valence-corrected chi connectivity index (χ1v) is 6.25. The van der Waals surface area contributed by atoms with Crippen molar-refractivity contribution in [3.05, 3.63) is 47.0 Å². The molecule has 0 radical (unpaired) electrons. The van der Waals surface area contributed by atoms with Gasteiger partial charge >= 0.3 is 0 Å². The van der Waals surface area contributed by atoms with Gasteiger partial charge in [0.05, 0.1) is 0 Å². The van der Waals surface area contributed by atoms with Crippen molar-refractivity contribution in [2.45, 2.75) is 26.2 Å². The van der Waals surface area contributed by atoms with Gasteiger partial charge in [-0.25, -0.2) is 0 Å². The molecular weight excluding hydrogens is 224 g/mol. The van der Waals surface area contributed by atoms with Gasteiger partial charge in [0.1, 0.15) is 11.5 Å². The SMILES string of the molecule is CC(C)c1c(O)ccc2c1Cc1cc(O)ccc1-2. The highest BCUT2D eigenvalue weighted by Gasteiger charge is 2.24. The maximum atomic E-state index is 10.0. The average Bonchev–Trinajstić information content (AvgIpc) is 2.64. The molecule has 2 N–H and O–H groups in total. The van der Waals surface area contributed by atoms with Gasteiger partial charge in [0.25, 0.3) is 0 Å². The minimum Gasteiger partial charge on any atom is -0.508 e. The van der Waals surface area contributed by atoms with Crippen molar-refractivity contribution in [2.24, 2.45) is 0 Å². The zero-order valence-electron chi connectivity index (χ0n) is 10.6. The van der Waals surface area contributed by atoms with E-state index in [0.717, 1.165) is 17.5 Å². The Morgan fingerprint density at radius 3 is 2.44 bits per heavy atom. The molecule has 2 nitrogen and oxygen atoms in total. The summed E-state index contributed by atoms with van der Waals surface area (Å²) >= 11 is 0. The summed E-state index contributed by atoms with van der Waals surface area (Å²) in [6, 6.07) is 9.24. The number of phenolic OH excluding ortho intramolecular Hbond substituents is 2. The van der Waals surface area contributed by atoms with Crippen LogP contribution in [-0.2, 0) is 6.42 Å². The highest BCUT2D eigenvalue weighted by Crippen LogP contribution is 2.44. The van der Waals surface area contributed by atoms with Crippen molar-refractivity contribution < 1.29 is 10.2 Å². The van der Waals surface area contributed by atoms with E-state index >= 15 is 0 Å². The lowest BCUT2D eigenvalue weighted by Gasteiger charge is -2.14. The lowest BCUT2D eigenvalue weighted by atomic mass is 9.92. The average molecular weight is 240 g/mol. The Hall–Kier alpha value is -1.96. The van der Waals surface area contributed by atoms with Gasteiger partial charge in [0.15, 0.2) is 0 Å². The Morgan fingerprint density at radius 1 is 1.00 bits per heavy atom. The minimum atomic E-state index is 0.294.